The van der Waals surface area contributed by atoms with Crippen molar-refractivity contribution in [2.45, 2.75) is 13.5 Å². The van der Waals surface area contributed by atoms with Gasteiger partial charge in [0.2, 0.25) is 0 Å². The van der Waals surface area contributed by atoms with Crippen LogP contribution in [0.5, 0.6) is 0 Å². The first-order valence-corrected chi connectivity index (χ1v) is 6.27. The lowest BCUT2D eigenvalue weighted by molar-refractivity contribution is -0.384. The fourth-order valence-electron chi connectivity index (χ4n) is 1.82. The SMILES string of the molecule is CCNc1c(C(=O)NCc2ncn[nH]2)cccc1[N+](=O)[O-]. The topological polar surface area (TPSA) is 126 Å². The molecule has 9 nitrogen and oxygen atoms in total. The van der Waals surface area contributed by atoms with Gasteiger partial charge in [0.25, 0.3) is 11.6 Å². The Morgan fingerprint density at radius 3 is 2.90 bits per heavy atom. The molecule has 0 aliphatic heterocycles. The molecule has 9 heteroatoms. The molecule has 1 amide bonds. The molecule has 0 saturated heterocycles. The standard InChI is InChI=1S/C12H14N6O3/c1-2-13-11-8(4-3-5-9(11)18(20)21)12(19)14-6-10-15-7-16-17-10/h3-5,7,13H,2,6H2,1H3,(H,14,19)(H,15,16,17). The number of carbonyl (C=O) groups is 1. The average Bonchev–Trinajstić information content (AvgIpc) is 2.98. The molecule has 0 aliphatic rings. The summed E-state index contributed by atoms with van der Waals surface area (Å²) in [5.41, 5.74) is 0.287. The van der Waals surface area contributed by atoms with Crippen LogP contribution in [0.4, 0.5) is 11.4 Å². The fourth-order valence-corrected chi connectivity index (χ4v) is 1.82. The predicted octanol–water partition coefficient (Wildman–Crippen LogP) is 1.07. The van der Waals surface area contributed by atoms with E-state index in [2.05, 4.69) is 25.8 Å². The van der Waals surface area contributed by atoms with E-state index < -0.39 is 10.8 Å². The first kappa shape index (κ1) is 14.4. The van der Waals surface area contributed by atoms with Gasteiger partial charge in [-0.1, -0.05) is 6.07 Å². The molecule has 21 heavy (non-hydrogen) atoms. The zero-order valence-electron chi connectivity index (χ0n) is 11.3. The minimum absolute atomic E-state index is 0.135. The molecule has 2 rings (SSSR count). The quantitative estimate of drug-likeness (QED) is 0.539. The number of carbonyl (C=O) groups excluding carboxylic acids is 1. The summed E-state index contributed by atoms with van der Waals surface area (Å²) in [7, 11) is 0. The summed E-state index contributed by atoms with van der Waals surface area (Å²) in [6, 6.07) is 4.36. The van der Waals surface area contributed by atoms with Gasteiger partial charge in [-0.2, -0.15) is 5.10 Å². The minimum Gasteiger partial charge on any atom is -0.379 e. The van der Waals surface area contributed by atoms with Crippen molar-refractivity contribution in [3.63, 3.8) is 0 Å². The summed E-state index contributed by atoms with van der Waals surface area (Å²) < 4.78 is 0. The summed E-state index contributed by atoms with van der Waals surface area (Å²) in [6.45, 7) is 2.42. The number of nitrogens with zero attached hydrogens (tertiary/aromatic N) is 3. The van der Waals surface area contributed by atoms with E-state index in [-0.39, 0.29) is 23.5 Å². The van der Waals surface area contributed by atoms with E-state index in [0.717, 1.165) is 0 Å². The number of aromatic amines is 1. The monoisotopic (exact) mass is 290 g/mol. The lowest BCUT2D eigenvalue weighted by Gasteiger charge is -2.10. The molecule has 1 aromatic carbocycles. The largest absolute Gasteiger partial charge is 0.379 e. The average molecular weight is 290 g/mol. The molecule has 3 N–H and O–H groups in total. The lowest BCUT2D eigenvalue weighted by Crippen LogP contribution is -2.24. The Balaban J connectivity index is 2.23. The number of rotatable bonds is 6. The number of nitro benzene ring substituents is 1. The van der Waals surface area contributed by atoms with Crippen molar-refractivity contribution in [1.82, 2.24) is 20.5 Å². The second-order valence-electron chi connectivity index (χ2n) is 4.10. The number of nitro groups is 1. The highest BCUT2D eigenvalue weighted by atomic mass is 16.6. The molecule has 0 aliphatic carbocycles. The van der Waals surface area contributed by atoms with Crippen LogP contribution in [0.25, 0.3) is 0 Å². The molecule has 0 bridgehead atoms. The van der Waals surface area contributed by atoms with E-state index >= 15 is 0 Å². The number of H-pyrrole nitrogens is 1. The highest BCUT2D eigenvalue weighted by Crippen LogP contribution is 2.28. The first-order valence-electron chi connectivity index (χ1n) is 6.27. The van der Waals surface area contributed by atoms with Gasteiger partial charge in [0, 0.05) is 12.6 Å². The van der Waals surface area contributed by atoms with Gasteiger partial charge in [0.05, 0.1) is 17.0 Å². The molecule has 2 aromatic rings. The van der Waals surface area contributed by atoms with Crippen LogP contribution < -0.4 is 10.6 Å². The molecule has 0 radical (unpaired) electrons. The van der Waals surface area contributed by atoms with Crippen molar-refractivity contribution in [3.05, 3.63) is 46.0 Å². The Morgan fingerprint density at radius 1 is 1.48 bits per heavy atom. The van der Waals surface area contributed by atoms with Gasteiger partial charge in [0.15, 0.2) is 0 Å². The molecular formula is C12H14N6O3. The van der Waals surface area contributed by atoms with E-state index in [9.17, 15) is 14.9 Å². The van der Waals surface area contributed by atoms with Gasteiger partial charge in [-0.15, -0.1) is 0 Å². The Kier molecular flexibility index (Phi) is 4.44. The summed E-state index contributed by atoms with van der Waals surface area (Å²) >= 11 is 0. The number of benzene rings is 1. The third kappa shape index (κ3) is 3.32. The van der Waals surface area contributed by atoms with Crippen LogP contribution in [0.3, 0.4) is 0 Å². The molecule has 1 aromatic heterocycles. The van der Waals surface area contributed by atoms with Crippen molar-refractivity contribution in [2.24, 2.45) is 0 Å². The lowest BCUT2D eigenvalue weighted by atomic mass is 10.1. The highest BCUT2D eigenvalue weighted by molar-refractivity contribution is 6.01. The maximum Gasteiger partial charge on any atom is 0.293 e. The van der Waals surface area contributed by atoms with Gasteiger partial charge >= 0.3 is 0 Å². The zero-order valence-corrected chi connectivity index (χ0v) is 11.3. The fraction of sp³-hybridized carbons (Fsp3) is 0.250. The van der Waals surface area contributed by atoms with Gasteiger partial charge < -0.3 is 10.6 Å². The maximum absolute atomic E-state index is 12.2. The molecule has 0 fully saturated rings. The van der Waals surface area contributed by atoms with E-state index in [1.807, 2.05) is 0 Å². The van der Waals surface area contributed by atoms with Crippen LogP contribution >= 0.6 is 0 Å². The molecule has 0 unspecified atom stereocenters. The molecule has 110 valence electrons. The highest BCUT2D eigenvalue weighted by Gasteiger charge is 2.21. The summed E-state index contributed by atoms with van der Waals surface area (Å²) in [4.78, 5) is 26.6. The smallest absolute Gasteiger partial charge is 0.293 e. The third-order valence-electron chi connectivity index (χ3n) is 2.72. The van der Waals surface area contributed by atoms with Gasteiger partial charge in [-0.05, 0) is 13.0 Å². The second-order valence-corrected chi connectivity index (χ2v) is 4.10. The van der Waals surface area contributed by atoms with E-state index in [1.165, 1.54) is 24.5 Å². The van der Waals surface area contributed by atoms with Crippen LogP contribution in [0.15, 0.2) is 24.5 Å². The summed E-state index contributed by atoms with van der Waals surface area (Å²) in [5, 5.41) is 22.8. The molecule has 0 spiro atoms. The maximum atomic E-state index is 12.2. The third-order valence-corrected chi connectivity index (χ3v) is 2.72. The minimum atomic E-state index is -0.523. The number of nitrogens with one attached hydrogen (secondary N) is 3. The van der Waals surface area contributed by atoms with Crippen LogP contribution in [0.2, 0.25) is 0 Å². The van der Waals surface area contributed by atoms with Gasteiger partial charge in [0.1, 0.15) is 17.8 Å². The second kappa shape index (κ2) is 6.46. The van der Waals surface area contributed by atoms with Crippen molar-refractivity contribution >= 4 is 17.3 Å². The molecule has 0 saturated carbocycles. The van der Waals surface area contributed by atoms with E-state index in [0.29, 0.717) is 12.4 Å². The van der Waals surface area contributed by atoms with Crippen molar-refractivity contribution in [2.75, 3.05) is 11.9 Å². The Labute approximate surface area is 119 Å². The Bertz CT molecular complexity index is 640. The van der Waals surface area contributed by atoms with Crippen LogP contribution in [-0.2, 0) is 6.54 Å². The molecular weight excluding hydrogens is 276 g/mol. The molecule has 1 heterocycles. The van der Waals surface area contributed by atoms with Crippen molar-refractivity contribution in [3.8, 4) is 0 Å². The number of hydrogen-bond acceptors (Lipinski definition) is 6. The van der Waals surface area contributed by atoms with Crippen molar-refractivity contribution < 1.29 is 9.72 Å². The van der Waals surface area contributed by atoms with Crippen molar-refractivity contribution in [1.29, 1.82) is 0 Å². The number of hydrogen-bond donors (Lipinski definition) is 3. The number of aromatic nitrogens is 3. The van der Waals surface area contributed by atoms with E-state index in [1.54, 1.807) is 6.92 Å². The zero-order chi connectivity index (χ0) is 15.2. The summed E-state index contributed by atoms with van der Waals surface area (Å²) in [5.74, 6) is 0.0739. The van der Waals surface area contributed by atoms with Crippen LogP contribution in [-0.4, -0.2) is 32.6 Å². The van der Waals surface area contributed by atoms with Crippen LogP contribution in [0, 0.1) is 10.1 Å². The van der Waals surface area contributed by atoms with E-state index in [4.69, 9.17) is 0 Å². The number of amides is 1. The van der Waals surface area contributed by atoms with Gasteiger partial charge in [-0.25, -0.2) is 4.98 Å². The first-order chi connectivity index (χ1) is 10.1. The predicted molar refractivity (Wildman–Crippen MR) is 74.8 cm³/mol. The Morgan fingerprint density at radius 2 is 2.29 bits per heavy atom. The number of para-hydroxylation sites is 1. The molecule has 0 atom stereocenters. The van der Waals surface area contributed by atoms with Gasteiger partial charge in [-0.3, -0.25) is 20.0 Å². The number of anilines is 1. The normalized spacial score (nSPS) is 10.1. The summed E-state index contributed by atoms with van der Waals surface area (Å²) in [6.07, 6.45) is 1.33. The van der Waals surface area contributed by atoms with Crippen LogP contribution in [0.1, 0.15) is 23.1 Å². The Hall–Kier alpha value is -2.97.